The zero-order valence-corrected chi connectivity index (χ0v) is 18.4. The van der Waals surface area contributed by atoms with Gasteiger partial charge in [0.1, 0.15) is 0 Å². The Bertz CT molecular complexity index is 969. The zero-order chi connectivity index (χ0) is 21.7. The molecule has 1 aromatic carbocycles. The van der Waals surface area contributed by atoms with Gasteiger partial charge in [0, 0.05) is 48.7 Å². The van der Waals surface area contributed by atoms with Crippen molar-refractivity contribution in [3.8, 4) is 11.4 Å². The van der Waals surface area contributed by atoms with Crippen LogP contribution in [0.5, 0.6) is 0 Å². The van der Waals surface area contributed by atoms with Crippen LogP contribution < -0.4 is 10.2 Å². The van der Waals surface area contributed by atoms with Crippen molar-refractivity contribution in [2.45, 2.75) is 41.2 Å². The first kappa shape index (κ1) is 21.5. The van der Waals surface area contributed by atoms with Crippen LogP contribution in [-0.2, 0) is 6.54 Å². The largest absolute Gasteiger partial charge is 0.372 e. The number of aromatic nitrogens is 4. The lowest BCUT2D eigenvalue weighted by Gasteiger charge is -2.21. The van der Waals surface area contributed by atoms with Crippen molar-refractivity contribution in [3.05, 3.63) is 54.4 Å². The fourth-order valence-electron chi connectivity index (χ4n) is 3.10. The summed E-state index contributed by atoms with van der Waals surface area (Å²) in [6.07, 6.45) is 3.39. The molecule has 2 heterocycles. The smallest absolute Gasteiger partial charge is 0.255 e. The number of carbonyl (C=O) groups excluding carboxylic acids is 1. The summed E-state index contributed by atoms with van der Waals surface area (Å²) in [5, 5.41) is 7.75. The van der Waals surface area contributed by atoms with Crippen LogP contribution >= 0.6 is 0 Å². The van der Waals surface area contributed by atoms with Crippen molar-refractivity contribution in [1.82, 2.24) is 19.7 Å². The van der Waals surface area contributed by atoms with Crippen molar-refractivity contribution >= 4 is 17.5 Å². The third-order valence-electron chi connectivity index (χ3n) is 4.88. The Kier molecular flexibility index (Phi) is 6.50. The first-order chi connectivity index (χ1) is 14.3. The Morgan fingerprint density at radius 3 is 2.37 bits per heavy atom. The number of anilines is 2. The van der Waals surface area contributed by atoms with E-state index in [0.29, 0.717) is 18.3 Å². The molecule has 0 radical (unpaired) electrons. The molecule has 0 spiro atoms. The van der Waals surface area contributed by atoms with E-state index in [0.717, 1.165) is 24.2 Å². The normalized spacial score (nSPS) is 11.4. The fraction of sp³-hybridized carbons (Fsp3) is 0.391. The summed E-state index contributed by atoms with van der Waals surface area (Å²) in [6, 6.07) is 12.1. The lowest BCUT2D eigenvalue weighted by atomic mass is 9.96. The number of hydrogen-bond acceptors (Lipinski definition) is 6. The second kappa shape index (κ2) is 9.07. The third kappa shape index (κ3) is 4.84. The van der Waals surface area contributed by atoms with E-state index < -0.39 is 5.41 Å². The average molecular weight is 407 g/mol. The molecule has 1 N–H and O–H groups in total. The van der Waals surface area contributed by atoms with Gasteiger partial charge in [-0.05, 0) is 43.7 Å². The summed E-state index contributed by atoms with van der Waals surface area (Å²) in [6.45, 7) is 12.4. The molecular weight excluding hydrogens is 376 g/mol. The Morgan fingerprint density at radius 1 is 1.10 bits per heavy atom. The molecule has 0 saturated carbocycles. The molecule has 0 amide bonds. The topological polar surface area (TPSA) is 75.9 Å². The maximum Gasteiger partial charge on any atom is 0.255 e. The fourth-order valence-corrected chi connectivity index (χ4v) is 3.10. The number of rotatable bonds is 7. The Balaban J connectivity index is 1.84. The van der Waals surface area contributed by atoms with Crippen molar-refractivity contribution in [1.29, 1.82) is 0 Å². The van der Waals surface area contributed by atoms with E-state index in [1.807, 2.05) is 32.9 Å². The van der Waals surface area contributed by atoms with E-state index in [1.54, 1.807) is 12.4 Å². The summed E-state index contributed by atoms with van der Waals surface area (Å²) in [4.78, 5) is 23.9. The average Bonchev–Trinajstić information content (AvgIpc) is 3.17. The number of carbonyl (C=O) groups is 1. The molecule has 0 unspecified atom stereocenters. The second-order valence-electron chi connectivity index (χ2n) is 8.16. The van der Waals surface area contributed by atoms with Crippen molar-refractivity contribution in [2.75, 3.05) is 23.3 Å². The van der Waals surface area contributed by atoms with Crippen LogP contribution in [0.3, 0.4) is 0 Å². The summed E-state index contributed by atoms with van der Waals surface area (Å²) in [5.74, 6) is 0.784. The highest BCUT2D eigenvalue weighted by Gasteiger charge is 2.27. The van der Waals surface area contributed by atoms with Gasteiger partial charge in [-0.15, -0.1) is 5.10 Å². The molecule has 0 aliphatic carbocycles. The van der Waals surface area contributed by atoms with Crippen LogP contribution in [0.25, 0.3) is 11.4 Å². The molecule has 0 aliphatic rings. The predicted octanol–water partition coefficient (Wildman–Crippen LogP) is 4.48. The van der Waals surface area contributed by atoms with Gasteiger partial charge in [0.15, 0.2) is 5.82 Å². The Labute approximate surface area is 178 Å². The maximum atomic E-state index is 12.9. The highest BCUT2D eigenvalue weighted by molar-refractivity contribution is 5.86. The van der Waals surface area contributed by atoms with E-state index in [4.69, 9.17) is 0 Å². The molecular formula is C23H30N6O. The molecule has 3 aromatic rings. The van der Waals surface area contributed by atoms with Crippen molar-refractivity contribution in [2.24, 2.45) is 5.41 Å². The Hall–Kier alpha value is -3.22. The standard InChI is InChI=1S/C23H30N6O/c1-6-28(7-2)19-12-10-17(11-13-19)15-25-22-26-20(18-9-8-14-24-16-18)27-29(22)21(30)23(3,4)5/h8-14,16H,6-7,15H2,1-5H3,(H,25,26,27). The number of nitrogens with zero attached hydrogens (tertiary/aromatic N) is 5. The number of nitrogens with one attached hydrogen (secondary N) is 1. The molecule has 0 aliphatic heterocycles. The van der Waals surface area contributed by atoms with Crippen molar-refractivity contribution in [3.63, 3.8) is 0 Å². The summed E-state index contributed by atoms with van der Waals surface area (Å²) >= 11 is 0. The monoisotopic (exact) mass is 406 g/mol. The van der Waals surface area contributed by atoms with Crippen LogP contribution in [0.4, 0.5) is 11.6 Å². The van der Waals surface area contributed by atoms with Gasteiger partial charge in [0.2, 0.25) is 5.95 Å². The van der Waals surface area contributed by atoms with Crippen LogP contribution in [0.2, 0.25) is 0 Å². The number of benzene rings is 1. The number of hydrogen-bond donors (Lipinski definition) is 1. The Morgan fingerprint density at radius 2 is 1.80 bits per heavy atom. The minimum absolute atomic E-state index is 0.121. The minimum atomic E-state index is -0.582. The van der Waals surface area contributed by atoms with Gasteiger partial charge in [-0.1, -0.05) is 32.9 Å². The SMILES string of the molecule is CCN(CC)c1ccc(CNc2nc(-c3cccnc3)nn2C(=O)C(C)(C)C)cc1. The first-order valence-corrected chi connectivity index (χ1v) is 10.3. The predicted molar refractivity (Wildman–Crippen MR) is 121 cm³/mol. The molecule has 3 rings (SSSR count). The van der Waals surface area contributed by atoms with Gasteiger partial charge in [-0.2, -0.15) is 9.67 Å². The van der Waals surface area contributed by atoms with Crippen LogP contribution in [0.1, 0.15) is 45.0 Å². The summed E-state index contributed by atoms with van der Waals surface area (Å²) in [5.41, 5.74) is 2.49. The van der Waals surface area contributed by atoms with Crippen LogP contribution in [0, 0.1) is 5.41 Å². The van der Waals surface area contributed by atoms with Crippen molar-refractivity contribution < 1.29 is 4.79 Å². The second-order valence-corrected chi connectivity index (χ2v) is 8.16. The third-order valence-corrected chi connectivity index (χ3v) is 4.88. The van der Waals surface area contributed by atoms with E-state index in [2.05, 4.69) is 63.4 Å². The molecule has 0 saturated heterocycles. The van der Waals surface area contributed by atoms with Gasteiger partial charge < -0.3 is 10.2 Å². The van der Waals surface area contributed by atoms with E-state index in [1.165, 1.54) is 10.4 Å². The van der Waals surface area contributed by atoms with Crippen LogP contribution in [-0.4, -0.2) is 38.7 Å². The zero-order valence-electron chi connectivity index (χ0n) is 18.4. The van der Waals surface area contributed by atoms with Gasteiger partial charge in [-0.25, -0.2) is 0 Å². The molecule has 7 heteroatoms. The van der Waals surface area contributed by atoms with Gasteiger partial charge in [0.05, 0.1) is 0 Å². The highest BCUT2D eigenvalue weighted by Crippen LogP contribution is 2.23. The van der Waals surface area contributed by atoms with E-state index >= 15 is 0 Å². The molecule has 158 valence electrons. The molecule has 0 atom stereocenters. The molecule has 0 bridgehead atoms. The van der Waals surface area contributed by atoms with Gasteiger partial charge >= 0.3 is 0 Å². The lowest BCUT2D eigenvalue weighted by Crippen LogP contribution is -2.29. The first-order valence-electron chi connectivity index (χ1n) is 10.3. The minimum Gasteiger partial charge on any atom is -0.372 e. The number of pyridine rings is 1. The van der Waals surface area contributed by atoms with Gasteiger partial charge in [0.25, 0.3) is 5.91 Å². The quantitative estimate of drug-likeness (QED) is 0.623. The van der Waals surface area contributed by atoms with Crippen LogP contribution in [0.15, 0.2) is 48.8 Å². The molecule has 2 aromatic heterocycles. The van der Waals surface area contributed by atoms with E-state index in [9.17, 15) is 4.79 Å². The lowest BCUT2D eigenvalue weighted by molar-refractivity contribution is 0.0752. The maximum absolute atomic E-state index is 12.9. The summed E-state index contributed by atoms with van der Waals surface area (Å²) < 4.78 is 1.37. The molecule has 0 fully saturated rings. The molecule has 30 heavy (non-hydrogen) atoms. The highest BCUT2D eigenvalue weighted by atomic mass is 16.2. The molecule has 7 nitrogen and oxygen atoms in total. The van der Waals surface area contributed by atoms with Gasteiger partial charge in [-0.3, -0.25) is 9.78 Å². The van der Waals surface area contributed by atoms with E-state index in [-0.39, 0.29) is 5.91 Å². The summed E-state index contributed by atoms with van der Waals surface area (Å²) in [7, 11) is 0.